The van der Waals surface area contributed by atoms with E-state index in [9.17, 15) is 9.18 Å². The Kier molecular flexibility index (Phi) is 5.14. The number of halogens is 1. The highest BCUT2D eigenvalue weighted by atomic mass is 19.1. The number of amides is 1. The summed E-state index contributed by atoms with van der Waals surface area (Å²) in [4.78, 5) is 25.3. The molecule has 1 aliphatic carbocycles. The number of nitrogens with zero attached hydrogens (tertiary/aromatic N) is 5. The molecule has 31 heavy (non-hydrogen) atoms. The van der Waals surface area contributed by atoms with E-state index < -0.39 is 11.7 Å². The summed E-state index contributed by atoms with van der Waals surface area (Å²) in [6.45, 7) is 8.84. The standard InChI is InChI=1S/C21H22FN7O2/c1-5-6-14(22)18(23-4)29-10-13(9-26-29)27-19(30)15-12(2)31-20-16(15)17(24-11-25-20)28-21(3)7-8-21/h5-6,9-11H,4,7-8H2,1-3H3,(H,27,30)(H,24,25,28)/b6-5-,18-14-. The zero-order valence-electron chi connectivity index (χ0n) is 17.4. The zero-order valence-corrected chi connectivity index (χ0v) is 17.4. The average Bonchev–Trinajstić information content (AvgIpc) is 3.10. The number of rotatable bonds is 7. The van der Waals surface area contributed by atoms with Crippen molar-refractivity contribution in [3.8, 4) is 0 Å². The van der Waals surface area contributed by atoms with Crippen molar-refractivity contribution in [1.29, 1.82) is 0 Å². The van der Waals surface area contributed by atoms with Gasteiger partial charge in [-0.1, -0.05) is 6.08 Å². The summed E-state index contributed by atoms with van der Waals surface area (Å²) in [5.74, 6) is -0.132. The average molecular weight is 423 g/mol. The Hall–Kier alpha value is -3.82. The van der Waals surface area contributed by atoms with Crippen molar-refractivity contribution in [2.75, 3.05) is 10.6 Å². The lowest BCUT2D eigenvalue weighted by atomic mass is 10.1. The molecule has 1 saturated carbocycles. The van der Waals surface area contributed by atoms with Crippen LogP contribution in [0.15, 0.2) is 46.1 Å². The molecule has 1 aliphatic rings. The number of nitrogens with one attached hydrogen (secondary N) is 2. The predicted octanol–water partition coefficient (Wildman–Crippen LogP) is 4.32. The lowest BCUT2D eigenvalue weighted by Crippen LogP contribution is -2.18. The number of furan rings is 1. The van der Waals surface area contributed by atoms with Crippen molar-refractivity contribution in [2.45, 2.75) is 39.2 Å². The molecular weight excluding hydrogens is 401 g/mol. The van der Waals surface area contributed by atoms with Gasteiger partial charge in [0.05, 0.1) is 29.0 Å². The van der Waals surface area contributed by atoms with Crippen molar-refractivity contribution in [2.24, 2.45) is 4.99 Å². The quantitative estimate of drug-likeness (QED) is 0.433. The first-order valence-electron chi connectivity index (χ1n) is 9.73. The first kappa shape index (κ1) is 20.5. The fraction of sp³-hybridized carbons (Fsp3) is 0.286. The van der Waals surface area contributed by atoms with Gasteiger partial charge in [-0.05, 0) is 46.4 Å². The van der Waals surface area contributed by atoms with E-state index in [0.717, 1.165) is 12.8 Å². The smallest absolute Gasteiger partial charge is 0.260 e. The maximum Gasteiger partial charge on any atom is 0.260 e. The summed E-state index contributed by atoms with van der Waals surface area (Å²) in [6.07, 6.45) is 9.07. The Bertz CT molecular complexity index is 1230. The maximum atomic E-state index is 14.1. The highest BCUT2D eigenvalue weighted by Crippen LogP contribution is 2.40. The van der Waals surface area contributed by atoms with Crippen LogP contribution in [0.3, 0.4) is 0 Å². The van der Waals surface area contributed by atoms with Gasteiger partial charge < -0.3 is 15.1 Å². The van der Waals surface area contributed by atoms with E-state index >= 15 is 0 Å². The summed E-state index contributed by atoms with van der Waals surface area (Å²) in [6, 6.07) is 0. The minimum Gasteiger partial charge on any atom is -0.442 e. The van der Waals surface area contributed by atoms with Crippen LogP contribution in [-0.4, -0.2) is 37.9 Å². The molecule has 160 valence electrons. The van der Waals surface area contributed by atoms with Crippen LogP contribution >= 0.6 is 0 Å². The van der Waals surface area contributed by atoms with Gasteiger partial charge >= 0.3 is 0 Å². The Balaban J connectivity index is 1.66. The molecule has 0 spiro atoms. The fourth-order valence-corrected chi connectivity index (χ4v) is 3.19. The van der Waals surface area contributed by atoms with Gasteiger partial charge in [-0.2, -0.15) is 5.10 Å². The van der Waals surface area contributed by atoms with Crippen LogP contribution in [0.2, 0.25) is 0 Å². The molecule has 0 aromatic carbocycles. The van der Waals surface area contributed by atoms with Crippen molar-refractivity contribution >= 4 is 41.1 Å². The number of hydrogen-bond acceptors (Lipinski definition) is 7. The third-order valence-electron chi connectivity index (χ3n) is 5.05. The maximum absolute atomic E-state index is 14.1. The van der Waals surface area contributed by atoms with Gasteiger partial charge in [-0.15, -0.1) is 0 Å². The van der Waals surface area contributed by atoms with Crippen LogP contribution in [0.4, 0.5) is 15.9 Å². The van der Waals surface area contributed by atoms with E-state index in [-0.39, 0.29) is 11.4 Å². The predicted molar refractivity (Wildman–Crippen MR) is 117 cm³/mol. The molecule has 4 rings (SSSR count). The molecule has 2 N–H and O–H groups in total. The number of aliphatic imine (C=N–C) groups is 1. The Labute approximate surface area is 177 Å². The van der Waals surface area contributed by atoms with E-state index in [0.29, 0.717) is 33.9 Å². The normalized spacial score (nSPS) is 15.7. The van der Waals surface area contributed by atoms with Gasteiger partial charge in [-0.3, -0.25) is 4.79 Å². The first-order valence-corrected chi connectivity index (χ1v) is 9.73. The molecule has 9 nitrogen and oxygen atoms in total. The lowest BCUT2D eigenvalue weighted by molar-refractivity contribution is 0.102. The van der Waals surface area contributed by atoms with Gasteiger partial charge in [0.15, 0.2) is 11.6 Å². The van der Waals surface area contributed by atoms with E-state index in [4.69, 9.17) is 4.42 Å². The van der Waals surface area contributed by atoms with E-state index in [1.54, 1.807) is 13.8 Å². The van der Waals surface area contributed by atoms with E-state index in [1.165, 1.54) is 35.6 Å². The molecule has 0 aliphatic heterocycles. The summed E-state index contributed by atoms with van der Waals surface area (Å²) in [7, 11) is 0. The molecule has 0 saturated heterocycles. The zero-order chi connectivity index (χ0) is 22.2. The molecule has 1 fully saturated rings. The summed E-state index contributed by atoms with van der Waals surface area (Å²) in [5, 5.41) is 10.7. The number of aryl methyl sites for hydroxylation is 1. The molecule has 3 aromatic heterocycles. The van der Waals surface area contributed by atoms with E-state index in [2.05, 4.69) is 44.3 Å². The van der Waals surface area contributed by atoms with E-state index in [1.807, 2.05) is 0 Å². The van der Waals surface area contributed by atoms with Crippen LogP contribution in [0, 0.1) is 6.92 Å². The second kappa shape index (κ2) is 7.78. The topological polar surface area (TPSA) is 110 Å². The molecule has 1 amide bonds. The number of aromatic nitrogens is 4. The SMILES string of the molecule is C=N/C(=C(F)\C=C/C)n1cc(NC(=O)c2c(C)oc3ncnc(NC4(C)CC4)c23)cn1. The Morgan fingerprint density at radius 2 is 2.19 bits per heavy atom. The third-order valence-corrected chi connectivity index (χ3v) is 5.05. The Morgan fingerprint density at radius 3 is 2.87 bits per heavy atom. The molecule has 3 heterocycles. The first-order chi connectivity index (χ1) is 14.8. The molecular formula is C21H22FN7O2. The number of fused-ring (bicyclic) bond motifs is 1. The van der Waals surface area contributed by atoms with Gasteiger partial charge in [0.25, 0.3) is 5.91 Å². The molecule has 0 unspecified atom stereocenters. The summed E-state index contributed by atoms with van der Waals surface area (Å²) < 4.78 is 21.0. The highest BCUT2D eigenvalue weighted by Gasteiger charge is 2.38. The van der Waals surface area contributed by atoms with Gasteiger partial charge in [-0.25, -0.2) is 24.0 Å². The number of anilines is 2. The number of carbonyl (C=O) groups is 1. The minimum atomic E-state index is -0.600. The molecule has 10 heteroatoms. The monoisotopic (exact) mass is 423 g/mol. The number of allylic oxidation sites excluding steroid dienone is 3. The largest absolute Gasteiger partial charge is 0.442 e. The van der Waals surface area contributed by atoms with Crippen molar-refractivity contribution in [3.05, 3.63) is 48.0 Å². The van der Waals surface area contributed by atoms with Crippen LogP contribution < -0.4 is 10.6 Å². The lowest BCUT2D eigenvalue weighted by Gasteiger charge is -2.13. The van der Waals surface area contributed by atoms with Crippen LogP contribution in [0.1, 0.15) is 42.8 Å². The number of carbonyl (C=O) groups excluding carboxylic acids is 1. The van der Waals surface area contributed by atoms with Gasteiger partial charge in [0, 0.05) is 5.54 Å². The second-order valence-corrected chi connectivity index (χ2v) is 7.58. The van der Waals surface area contributed by atoms with Gasteiger partial charge in [0.2, 0.25) is 5.71 Å². The van der Waals surface area contributed by atoms with Gasteiger partial charge in [0.1, 0.15) is 17.9 Å². The Morgan fingerprint density at radius 1 is 1.42 bits per heavy atom. The fourth-order valence-electron chi connectivity index (χ4n) is 3.19. The summed E-state index contributed by atoms with van der Waals surface area (Å²) >= 11 is 0. The van der Waals surface area contributed by atoms with Crippen LogP contribution in [0.25, 0.3) is 16.9 Å². The van der Waals surface area contributed by atoms with Crippen LogP contribution in [-0.2, 0) is 0 Å². The molecule has 3 aromatic rings. The van der Waals surface area contributed by atoms with Crippen LogP contribution in [0.5, 0.6) is 0 Å². The highest BCUT2D eigenvalue weighted by molar-refractivity contribution is 6.15. The minimum absolute atomic E-state index is 0.0429. The van der Waals surface area contributed by atoms with Crippen molar-refractivity contribution < 1.29 is 13.6 Å². The van der Waals surface area contributed by atoms with Crippen molar-refractivity contribution in [1.82, 2.24) is 19.7 Å². The van der Waals surface area contributed by atoms with Crippen molar-refractivity contribution in [3.63, 3.8) is 0 Å². The molecule has 0 radical (unpaired) electrons. The second-order valence-electron chi connectivity index (χ2n) is 7.58. The number of hydrogen-bond donors (Lipinski definition) is 2. The molecule has 0 atom stereocenters. The molecule has 0 bridgehead atoms. The summed E-state index contributed by atoms with van der Waals surface area (Å²) in [5.41, 5.74) is 0.967. The third kappa shape index (κ3) is 3.96.